The van der Waals surface area contributed by atoms with Crippen molar-refractivity contribution in [2.75, 3.05) is 23.7 Å². The summed E-state index contributed by atoms with van der Waals surface area (Å²) in [6.45, 7) is 3.60. The maximum Gasteiger partial charge on any atom is 0.163 e. The number of aryl methyl sites for hydroxylation is 1. The molecule has 0 unspecified atom stereocenters. The van der Waals surface area contributed by atoms with Crippen molar-refractivity contribution in [2.45, 2.75) is 25.9 Å². The highest BCUT2D eigenvalue weighted by Gasteiger charge is 2.18. The van der Waals surface area contributed by atoms with Gasteiger partial charge in [0.2, 0.25) is 0 Å². The SMILES string of the molecule is Cc1cc(N)ncc1-c1nccc(N2CCC(O)CC2)n1. The number of aliphatic hydroxyl groups is 1. The minimum absolute atomic E-state index is 0.189. The number of rotatable bonds is 2. The third kappa shape index (κ3) is 2.95. The molecule has 110 valence electrons. The summed E-state index contributed by atoms with van der Waals surface area (Å²) in [6, 6.07) is 3.73. The molecular weight excluding hydrogens is 266 g/mol. The van der Waals surface area contributed by atoms with Crippen LogP contribution in [0.4, 0.5) is 11.6 Å². The van der Waals surface area contributed by atoms with E-state index in [1.807, 2.05) is 19.1 Å². The van der Waals surface area contributed by atoms with Crippen LogP contribution in [0.15, 0.2) is 24.5 Å². The van der Waals surface area contributed by atoms with E-state index in [1.54, 1.807) is 12.4 Å². The van der Waals surface area contributed by atoms with Gasteiger partial charge in [0, 0.05) is 31.0 Å². The predicted molar refractivity (Wildman–Crippen MR) is 81.9 cm³/mol. The Kier molecular flexibility index (Phi) is 3.70. The first-order valence-corrected chi connectivity index (χ1v) is 7.12. The molecule has 21 heavy (non-hydrogen) atoms. The van der Waals surface area contributed by atoms with Crippen molar-refractivity contribution >= 4 is 11.6 Å². The summed E-state index contributed by atoms with van der Waals surface area (Å²) in [7, 11) is 0. The lowest BCUT2D eigenvalue weighted by molar-refractivity contribution is 0.145. The number of anilines is 2. The standard InChI is InChI=1S/C15H19N5O/c1-10-8-13(16)18-9-12(10)15-17-5-2-14(19-15)20-6-3-11(21)4-7-20/h2,5,8-9,11,21H,3-4,6-7H2,1H3,(H2,16,18). The van der Waals surface area contributed by atoms with E-state index in [1.165, 1.54) is 0 Å². The molecule has 0 atom stereocenters. The van der Waals surface area contributed by atoms with Crippen LogP contribution in [-0.4, -0.2) is 39.3 Å². The first-order valence-electron chi connectivity index (χ1n) is 7.12. The van der Waals surface area contributed by atoms with E-state index in [-0.39, 0.29) is 6.10 Å². The van der Waals surface area contributed by atoms with Gasteiger partial charge in [-0.3, -0.25) is 0 Å². The average Bonchev–Trinajstić information content (AvgIpc) is 2.48. The lowest BCUT2D eigenvalue weighted by Crippen LogP contribution is -2.36. The largest absolute Gasteiger partial charge is 0.393 e. The molecule has 0 aliphatic carbocycles. The molecule has 3 N–H and O–H groups in total. The third-order valence-electron chi connectivity index (χ3n) is 3.80. The molecule has 0 bridgehead atoms. The number of nitrogens with two attached hydrogens (primary N) is 1. The van der Waals surface area contributed by atoms with Gasteiger partial charge in [0.1, 0.15) is 11.6 Å². The number of hydrogen-bond donors (Lipinski definition) is 2. The molecule has 6 heteroatoms. The van der Waals surface area contributed by atoms with Gasteiger partial charge in [0.05, 0.1) is 6.10 Å². The summed E-state index contributed by atoms with van der Waals surface area (Å²) in [5, 5.41) is 9.59. The summed E-state index contributed by atoms with van der Waals surface area (Å²) in [5.41, 5.74) is 7.58. The van der Waals surface area contributed by atoms with E-state index < -0.39 is 0 Å². The summed E-state index contributed by atoms with van der Waals surface area (Å²) in [4.78, 5) is 15.3. The first-order chi connectivity index (χ1) is 10.1. The van der Waals surface area contributed by atoms with Gasteiger partial charge >= 0.3 is 0 Å². The maximum absolute atomic E-state index is 9.59. The molecule has 6 nitrogen and oxygen atoms in total. The second kappa shape index (κ2) is 5.65. The van der Waals surface area contributed by atoms with Crippen molar-refractivity contribution < 1.29 is 5.11 Å². The van der Waals surface area contributed by atoms with E-state index in [0.717, 1.165) is 42.9 Å². The van der Waals surface area contributed by atoms with E-state index in [0.29, 0.717) is 11.6 Å². The zero-order chi connectivity index (χ0) is 14.8. The van der Waals surface area contributed by atoms with Crippen molar-refractivity contribution in [3.8, 4) is 11.4 Å². The van der Waals surface area contributed by atoms with Gasteiger partial charge in [0.15, 0.2) is 5.82 Å². The Morgan fingerprint density at radius 1 is 1.29 bits per heavy atom. The Morgan fingerprint density at radius 3 is 2.76 bits per heavy atom. The number of piperidine rings is 1. The van der Waals surface area contributed by atoms with Crippen molar-refractivity contribution in [1.29, 1.82) is 0 Å². The molecule has 3 heterocycles. The topological polar surface area (TPSA) is 88.2 Å². The van der Waals surface area contributed by atoms with Gasteiger partial charge in [-0.2, -0.15) is 0 Å². The Bertz CT molecular complexity index is 638. The molecule has 2 aromatic rings. The Hall–Kier alpha value is -2.21. The Labute approximate surface area is 123 Å². The summed E-state index contributed by atoms with van der Waals surface area (Å²) in [5.74, 6) is 2.05. The molecule has 0 aromatic carbocycles. The van der Waals surface area contributed by atoms with Crippen LogP contribution in [0, 0.1) is 6.92 Å². The van der Waals surface area contributed by atoms with Gasteiger partial charge in [-0.05, 0) is 37.5 Å². The van der Waals surface area contributed by atoms with Crippen molar-refractivity contribution in [3.63, 3.8) is 0 Å². The molecule has 1 aliphatic heterocycles. The van der Waals surface area contributed by atoms with Crippen LogP contribution in [0.1, 0.15) is 18.4 Å². The molecule has 0 amide bonds. The van der Waals surface area contributed by atoms with E-state index in [4.69, 9.17) is 5.73 Å². The third-order valence-corrected chi connectivity index (χ3v) is 3.80. The molecule has 1 fully saturated rings. The highest BCUT2D eigenvalue weighted by Crippen LogP contribution is 2.23. The van der Waals surface area contributed by atoms with E-state index in [2.05, 4.69) is 19.9 Å². The van der Waals surface area contributed by atoms with Crippen LogP contribution < -0.4 is 10.6 Å². The molecule has 2 aromatic heterocycles. The van der Waals surface area contributed by atoms with Crippen LogP contribution in [0.3, 0.4) is 0 Å². The molecule has 0 spiro atoms. The second-order valence-electron chi connectivity index (χ2n) is 5.38. The molecule has 0 saturated carbocycles. The molecule has 1 saturated heterocycles. The average molecular weight is 285 g/mol. The smallest absolute Gasteiger partial charge is 0.163 e. The number of nitrogen functional groups attached to an aromatic ring is 1. The van der Waals surface area contributed by atoms with Gasteiger partial charge < -0.3 is 15.7 Å². The number of hydrogen-bond acceptors (Lipinski definition) is 6. The zero-order valence-corrected chi connectivity index (χ0v) is 12.0. The molecule has 1 aliphatic rings. The van der Waals surface area contributed by atoms with Crippen LogP contribution in [0.5, 0.6) is 0 Å². The normalized spacial score (nSPS) is 16.2. The second-order valence-corrected chi connectivity index (χ2v) is 5.38. The van der Waals surface area contributed by atoms with Crippen molar-refractivity contribution in [2.24, 2.45) is 0 Å². The molecular formula is C15H19N5O. The fraction of sp³-hybridized carbons (Fsp3) is 0.400. The summed E-state index contributed by atoms with van der Waals surface area (Å²) >= 11 is 0. The van der Waals surface area contributed by atoms with Crippen molar-refractivity contribution in [3.05, 3.63) is 30.1 Å². The van der Waals surface area contributed by atoms with Gasteiger partial charge in [-0.25, -0.2) is 15.0 Å². The van der Waals surface area contributed by atoms with Gasteiger partial charge in [0.25, 0.3) is 0 Å². The number of nitrogens with zero attached hydrogens (tertiary/aromatic N) is 4. The van der Waals surface area contributed by atoms with Crippen LogP contribution in [-0.2, 0) is 0 Å². The minimum Gasteiger partial charge on any atom is -0.393 e. The Balaban J connectivity index is 1.89. The predicted octanol–water partition coefficient (Wildman–Crippen LogP) is 1.39. The Morgan fingerprint density at radius 2 is 2.05 bits per heavy atom. The number of aromatic nitrogens is 3. The van der Waals surface area contributed by atoms with E-state index in [9.17, 15) is 5.11 Å². The highest BCUT2D eigenvalue weighted by atomic mass is 16.3. The lowest BCUT2D eigenvalue weighted by atomic mass is 10.1. The van der Waals surface area contributed by atoms with Crippen molar-refractivity contribution in [1.82, 2.24) is 15.0 Å². The maximum atomic E-state index is 9.59. The lowest BCUT2D eigenvalue weighted by Gasteiger charge is -2.30. The van der Waals surface area contributed by atoms with E-state index >= 15 is 0 Å². The number of pyridine rings is 1. The quantitative estimate of drug-likeness (QED) is 0.867. The van der Waals surface area contributed by atoms with Gasteiger partial charge in [-0.15, -0.1) is 0 Å². The fourth-order valence-electron chi connectivity index (χ4n) is 2.56. The monoisotopic (exact) mass is 285 g/mol. The van der Waals surface area contributed by atoms with Crippen LogP contribution >= 0.6 is 0 Å². The van der Waals surface area contributed by atoms with Crippen LogP contribution in [0.25, 0.3) is 11.4 Å². The zero-order valence-electron chi connectivity index (χ0n) is 12.0. The summed E-state index contributed by atoms with van der Waals surface area (Å²) in [6.07, 6.45) is 4.84. The van der Waals surface area contributed by atoms with Gasteiger partial charge in [-0.1, -0.05) is 0 Å². The number of aliphatic hydroxyl groups excluding tert-OH is 1. The first kappa shape index (κ1) is 13.8. The molecule has 0 radical (unpaired) electrons. The summed E-state index contributed by atoms with van der Waals surface area (Å²) < 4.78 is 0. The molecule has 3 rings (SSSR count). The van der Waals surface area contributed by atoms with Crippen LogP contribution in [0.2, 0.25) is 0 Å². The fourth-order valence-corrected chi connectivity index (χ4v) is 2.56. The highest BCUT2D eigenvalue weighted by molar-refractivity contribution is 5.62. The minimum atomic E-state index is -0.189.